The minimum Gasteiger partial charge on any atom is -0.508 e. The Morgan fingerprint density at radius 1 is 0.941 bits per heavy atom. The Morgan fingerprint density at radius 3 is 2.41 bits per heavy atom. The zero-order valence-corrected chi connectivity index (χ0v) is 17.6. The Morgan fingerprint density at radius 2 is 1.68 bits per heavy atom. The van der Waals surface area contributed by atoms with E-state index in [1.165, 1.54) is 18.2 Å². The summed E-state index contributed by atoms with van der Waals surface area (Å²) in [6, 6.07) is 16.1. The van der Waals surface area contributed by atoms with Crippen molar-refractivity contribution in [2.45, 2.75) is 12.8 Å². The lowest BCUT2D eigenvalue weighted by Gasteiger charge is -2.16. The fourth-order valence-electron chi connectivity index (χ4n) is 3.82. The molecular formula is C25H17NO8. The predicted octanol–water partition coefficient (Wildman–Crippen LogP) is 3.26. The van der Waals surface area contributed by atoms with Gasteiger partial charge in [-0.2, -0.15) is 0 Å². The van der Waals surface area contributed by atoms with Crippen molar-refractivity contribution in [1.29, 1.82) is 0 Å². The molecular weight excluding hydrogens is 442 g/mol. The van der Waals surface area contributed by atoms with E-state index in [1.807, 2.05) is 0 Å². The van der Waals surface area contributed by atoms with Gasteiger partial charge in [0.2, 0.25) is 0 Å². The molecule has 1 aliphatic carbocycles. The minimum absolute atomic E-state index is 0.0142. The summed E-state index contributed by atoms with van der Waals surface area (Å²) in [6.07, 6.45) is 0.0284. The molecule has 0 bridgehead atoms. The summed E-state index contributed by atoms with van der Waals surface area (Å²) in [4.78, 5) is 51.7. The molecule has 2 amide bonds. The van der Waals surface area contributed by atoms with Gasteiger partial charge in [-0.05, 0) is 42.0 Å². The topological polar surface area (TPSA) is 123 Å². The van der Waals surface area contributed by atoms with E-state index in [0.717, 1.165) is 22.1 Å². The molecule has 0 saturated carbocycles. The van der Waals surface area contributed by atoms with Crippen molar-refractivity contribution in [3.63, 3.8) is 0 Å². The quantitative estimate of drug-likeness (QED) is 0.356. The van der Waals surface area contributed by atoms with Gasteiger partial charge in [-0.3, -0.25) is 14.4 Å². The highest BCUT2D eigenvalue weighted by molar-refractivity contribution is 6.02. The highest BCUT2D eigenvalue weighted by Gasteiger charge is 2.32. The van der Waals surface area contributed by atoms with Crippen LogP contribution in [0.25, 0.3) is 33.4 Å². The third kappa shape index (κ3) is 3.95. The summed E-state index contributed by atoms with van der Waals surface area (Å²) in [5.41, 5.74) is 2.53. The van der Waals surface area contributed by atoms with Gasteiger partial charge in [-0.15, -0.1) is 5.06 Å². The van der Waals surface area contributed by atoms with Crippen LogP contribution < -0.4 is 10.2 Å². The summed E-state index contributed by atoms with van der Waals surface area (Å²) < 4.78 is 11.3. The molecule has 0 unspecified atom stereocenters. The van der Waals surface area contributed by atoms with Crippen molar-refractivity contribution in [2.75, 3.05) is 6.61 Å². The largest absolute Gasteiger partial charge is 0.508 e. The second-order valence-corrected chi connectivity index (χ2v) is 7.67. The van der Waals surface area contributed by atoms with Crippen LogP contribution in [0.4, 0.5) is 0 Å². The van der Waals surface area contributed by atoms with Gasteiger partial charge in [-0.25, -0.2) is 4.79 Å². The van der Waals surface area contributed by atoms with Gasteiger partial charge < -0.3 is 19.1 Å². The first-order valence-electron chi connectivity index (χ1n) is 10.4. The molecule has 1 saturated heterocycles. The highest BCUT2D eigenvalue weighted by Crippen LogP contribution is 2.40. The molecule has 2 heterocycles. The maximum atomic E-state index is 12.0. The maximum absolute atomic E-state index is 12.0. The zero-order valence-electron chi connectivity index (χ0n) is 17.6. The summed E-state index contributed by atoms with van der Waals surface area (Å²) in [5.74, 6) is -1.21. The fraction of sp³-hybridized carbons (Fsp3) is 0.120. The number of carbonyl (C=O) groups is 3. The van der Waals surface area contributed by atoms with Crippen LogP contribution >= 0.6 is 0 Å². The van der Waals surface area contributed by atoms with Gasteiger partial charge in [0.15, 0.2) is 12.0 Å². The monoisotopic (exact) mass is 459 g/mol. The van der Waals surface area contributed by atoms with Gasteiger partial charge in [0.1, 0.15) is 22.8 Å². The van der Waals surface area contributed by atoms with E-state index in [0.29, 0.717) is 22.2 Å². The van der Waals surface area contributed by atoms with Crippen LogP contribution in [0, 0.1) is 0 Å². The van der Waals surface area contributed by atoms with E-state index in [2.05, 4.69) is 0 Å². The maximum Gasteiger partial charge on any atom is 0.370 e. The second kappa shape index (κ2) is 8.36. The molecule has 5 rings (SSSR count). The Balaban J connectivity index is 1.40. The number of nitrogens with zero attached hydrogens (tertiary/aromatic N) is 1. The van der Waals surface area contributed by atoms with Gasteiger partial charge in [0.25, 0.3) is 11.8 Å². The number of benzene rings is 3. The first-order chi connectivity index (χ1) is 16.4. The van der Waals surface area contributed by atoms with E-state index >= 15 is 0 Å². The molecule has 1 fully saturated rings. The third-order valence-electron chi connectivity index (χ3n) is 5.38. The molecule has 0 aromatic heterocycles. The van der Waals surface area contributed by atoms with Crippen molar-refractivity contribution in [3.05, 3.63) is 70.9 Å². The molecule has 9 heteroatoms. The average molecular weight is 459 g/mol. The lowest BCUT2D eigenvalue weighted by molar-refractivity contribution is -0.198. The van der Waals surface area contributed by atoms with E-state index in [-0.39, 0.29) is 24.0 Å². The first-order valence-corrected chi connectivity index (χ1v) is 10.4. The molecule has 3 aliphatic rings. The normalized spacial score (nSPS) is 13.6. The van der Waals surface area contributed by atoms with Crippen LogP contribution in [0.1, 0.15) is 12.8 Å². The zero-order chi connectivity index (χ0) is 23.8. The summed E-state index contributed by atoms with van der Waals surface area (Å²) in [5, 5.41) is 11.1. The number of carbonyl (C=O) groups excluding carboxylic acids is 3. The Bertz CT molecular complexity index is 1450. The van der Waals surface area contributed by atoms with Gasteiger partial charge in [0.05, 0.1) is 0 Å². The number of amides is 2. The Kier molecular flexibility index (Phi) is 5.21. The standard InChI is InChI=1S/C25H17NO8/c27-15-3-7-18-20(11-15)33-21-12-16(28)4-8-19(21)25(18)14-1-5-17(6-2-14)32-13-24(31)34-26-22(29)9-10-23(26)30/h1-8,11-12,27H,9-10,13H2. The number of phenols is 1. The predicted molar refractivity (Wildman–Crippen MR) is 119 cm³/mol. The van der Waals surface area contributed by atoms with Gasteiger partial charge >= 0.3 is 5.97 Å². The molecule has 170 valence electrons. The number of fused-ring (bicyclic) bond motifs is 2. The van der Waals surface area contributed by atoms with Gasteiger partial charge in [-0.1, -0.05) is 12.1 Å². The average Bonchev–Trinajstić information content (AvgIpc) is 3.13. The van der Waals surface area contributed by atoms with Crippen LogP contribution in [0.5, 0.6) is 11.5 Å². The number of hydrogen-bond acceptors (Lipinski definition) is 8. The molecule has 0 radical (unpaired) electrons. The number of hydrogen-bond donors (Lipinski definition) is 1. The van der Waals surface area contributed by atoms with Crippen molar-refractivity contribution in [2.24, 2.45) is 0 Å². The molecule has 0 atom stereocenters. The molecule has 0 spiro atoms. The minimum atomic E-state index is -0.873. The Hall–Kier alpha value is -4.66. The lowest BCUT2D eigenvalue weighted by atomic mass is 9.94. The molecule has 9 nitrogen and oxygen atoms in total. The van der Waals surface area contributed by atoms with Crippen molar-refractivity contribution >= 4 is 28.8 Å². The van der Waals surface area contributed by atoms with Crippen molar-refractivity contribution in [3.8, 4) is 33.9 Å². The van der Waals surface area contributed by atoms with Crippen LogP contribution in [-0.2, 0) is 19.2 Å². The molecule has 1 N–H and O–H groups in total. The molecule has 2 aromatic carbocycles. The summed E-state index contributed by atoms with van der Waals surface area (Å²) >= 11 is 0. The second-order valence-electron chi connectivity index (χ2n) is 7.67. The number of rotatable bonds is 5. The van der Waals surface area contributed by atoms with E-state index in [9.17, 15) is 24.3 Å². The van der Waals surface area contributed by atoms with Gasteiger partial charge in [0, 0.05) is 41.5 Å². The molecule has 34 heavy (non-hydrogen) atoms. The smallest absolute Gasteiger partial charge is 0.370 e. The number of aromatic hydroxyl groups is 1. The van der Waals surface area contributed by atoms with Crippen molar-refractivity contribution < 1.29 is 33.5 Å². The lowest BCUT2D eigenvalue weighted by Crippen LogP contribution is -2.33. The SMILES string of the molecule is O=C(COc1ccc(-c2c3ccc(=O)cc-3oc3cc(O)ccc23)cc1)ON1C(=O)CCC1=O. The van der Waals surface area contributed by atoms with Crippen LogP contribution in [0.3, 0.4) is 0 Å². The van der Waals surface area contributed by atoms with E-state index < -0.39 is 24.4 Å². The Labute approximate surface area is 192 Å². The number of hydroxylamine groups is 2. The summed E-state index contributed by atoms with van der Waals surface area (Å²) in [6.45, 7) is -0.488. The number of ether oxygens (including phenoxy) is 1. The van der Waals surface area contributed by atoms with Crippen LogP contribution in [-0.4, -0.2) is 34.6 Å². The van der Waals surface area contributed by atoms with Crippen molar-refractivity contribution in [1.82, 2.24) is 5.06 Å². The van der Waals surface area contributed by atoms with E-state index in [4.69, 9.17) is 14.0 Å². The van der Waals surface area contributed by atoms with Crippen LogP contribution in [0.15, 0.2) is 69.9 Å². The molecule has 2 aromatic rings. The van der Waals surface area contributed by atoms with E-state index in [1.54, 1.807) is 42.5 Å². The third-order valence-corrected chi connectivity index (χ3v) is 5.38. The number of phenolic OH excluding ortho intramolecular Hbond substituents is 1. The fourth-order valence-corrected chi connectivity index (χ4v) is 3.82. The highest BCUT2D eigenvalue weighted by atomic mass is 16.7. The summed E-state index contributed by atoms with van der Waals surface area (Å²) in [7, 11) is 0. The first kappa shape index (κ1) is 21.2. The number of imide groups is 1. The molecule has 2 aliphatic heterocycles. The van der Waals surface area contributed by atoms with Crippen LogP contribution in [0.2, 0.25) is 0 Å².